The predicted octanol–water partition coefficient (Wildman–Crippen LogP) is 2.16. The summed E-state index contributed by atoms with van der Waals surface area (Å²) in [5, 5.41) is 3.04. The van der Waals surface area contributed by atoms with Crippen molar-refractivity contribution in [2.45, 2.75) is 38.8 Å². The fourth-order valence-electron chi connectivity index (χ4n) is 2.48. The van der Waals surface area contributed by atoms with Crippen molar-refractivity contribution in [1.29, 1.82) is 0 Å². The molecule has 1 heterocycles. The molecule has 0 aromatic heterocycles. The first-order valence-corrected chi connectivity index (χ1v) is 6.70. The monoisotopic (exact) mass is 258 g/mol. The SMILES string of the molecule is C=C1CC(Cc2cccc(CN)c2)C(=O)NC1(C)C. The van der Waals surface area contributed by atoms with E-state index in [0.717, 1.165) is 29.5 Å². The van der Waals surface area contributed by atoms with E-state index < -0.39 is 0 Å². The van der Waals surface area contributed by atoms with Crippen LogP contribution in [-0.4, -0.2) is 11.4 Å². The van der Waals surface area contributed by atoms with Gasteiger partial charge in [0.2, 0.25) is 5.91 Å². The predicted molar refractivity (Wildman–Crippen MR) is 77.5 cm³/mol. The second kappa shape index (κ2) is 5.17. The molecule has 19 heavy (non-hydrogen) atoms. The Labute approximate surface area is 114 Å². The lowest BCUT2D eigenvalue weighted by Gasteiger charge is -2.37. The second-order valence-electron chi connectivity index (χ2n) is 5.85. The van der Waals surface area contributed by atoms with Crippen molar-refractivity contribution in [2.24, 2.45) is 11.7 Å². The van der Waals surface area contributed by atoms with Gasteiger partial charge in [-0.15, -0.1) is 0 Å². The van der Waals surface area contributed by atoms with Gasteiger partial charge in [-0.2, -0.15) is 0 Å². The fourth-order valence-corrected chi connectivity index (χ4v) is 2.48. The molecule has 3 heteroatoms. The second-order valence-corrected chi connectivity index (χ2v) is 5.85. The Morgan fingerprint density at radius 3 is 2.79 bits per heavy atom. The summed E-state index contributed by atoms with van der Waals surface area (Å²) < 4.78 is 0. The molecule has 1 aliphatic heterocycles. The zero-order valence-electron chi connectivity index (χ0n) is 11.7. The minimum absolute atomic E-state index is 0.0199. The van der Waals surface area contributed by atoms with Crippen LogP contribution in [0.1, 0.15) is 31.4 Å². The van der Waals surface area contributed by atoms with E-state index in [4.69, 9.17) is 5.73 Å². The molecule has 3 nitrogen and oxygen atoms in total. The molecule has 1 aromatic carbocycles. The summed E-state index contributed by atoms with van der Waals surface area (Å²) in [5.74, 6) is 0.101. The van der Waals surface area contributed by atoms with Gasteiger partial charge in [-0.3, -0.25) is 4.79 Å². The van der Waals surface area contributed by atoms with Gasteiger partial charge in [-0.05, 0) is 37.8 Å². The Morgan fingerprint density at radius 2 is 2.11 bits per heavy atom. The normalized spacial score (nSPS) is 22.2. The van der Waals surface area contributed by atoms with Crippen molar-refractivity contribution in [1.82, 2.24) is 5.32 Å². The first-order valence-electron chi connectivity index (χ1n) is 6.70. The van der Waals surface area contributed by atoms with Crippen molar-refractivity contribution in [3.63, 3.8) is 0 Å². The van der Waals surface area contributed by atoms with Gasteiger partial charge >= 0.3 is 0 Å². The Balaban J connectivity index is 2.11. The molecule has 0 aliphatic carbocycles. The maximum absolute atomic E-state index is 12.1. The number of amides is 1. The van der Waals surface area contributed by atoms with Crippen LogP contribution in [0.25, 0.3) is 0 Å². The highest BCUT2D eigenvalue weighted by molar-refractivity contribution is 5.82. The van der Waals surface area contributed by atoms with Crippen molar-refractivity contribution in [3.05, 3.63) is 47.5 Å². The lowest BCUT2D eigenvalue weighted by Crippen LogP contribution is -2.52. The molecule has 1 aliphatic rings. The van der Waals surface area contributed by atoms with Gasteiger partial charge in [0.05, 0.1) is 5.54 Å². The standard InChI is InChI=1S/C16H22N2O/c1-11-7-14(15(19)18-16(11,2)3)9-12-5-4-6-13(8-12)10-17/h4-6,8,14H,1,7,9-10,17H2,2-3H3,(H,18,19). The highest BCUT2D eigenvalue weighted by Crippen LogP contribution is 2.29. The number of hydrogen-bond donors (Lipinski definition) is 2. The van der Waals surface area contributed by atoms with Crippen LogP contribution in [0, 0.1) is 5.92 Å². The molecule has 0 saturated carbocycles. The van der Waals surface area contributed by atoms with Gasteiger partial charge in [0, 0.05) is 12.5 Å². The fraction of sp³-hybridized carbons (Fsp3) is 0.438. The molecule has 102 valence electrons. The Morgan fingerprint density at radius 1 is 1.42 bits per heavy atom. The van der Waals surface area contributed by atoms with E-state index in [1.54, 1.807) is 0 Å². The number of rotatable bonds is 3. The van der Waals surface area contributed by atoms with Crippen LogP contribution in [-0.2, 0) is 17.8 Å². The van der Waals surface area contributed by atoms with E-state index in [0.29, 0.717) is 6.54 Å². The zero-order valence-corrected chi connectivity index (χ0v) is 11.7. The van der Waals surface area contributed by atoms with Crippen molar-refractivity contribution >= 4 is 5.91 Å². The summed E-state index contributed by atoms with van der Waals surface area (Å²) in [5.41, 5.74) is 8.72. The maximum Gasteiger partial charge on any atom is 0.224 e. The number of nitrogens with one attached hydrogen (secondary N) is 1. The van der Waals surface area contributed by atoms with Crippen LogP contribution in [0.15, 0.2) is 36.4 Å². The largest absolute Gasteiger partial charge is 0.347 e. The van der Waals surface area contributed by atoms with Gasteiger partial charge in [0.1, 0.15) is 0 Å². The zero-order chi connectivity index (χ0) is 14.0. The summed E-state index contributed by atoms with van der Waals surface area (Å²) in [4.78, 5) is 12.1. The van der Waals surface area contributed by atoms with Crippen LogP contribution in [0.2, 0.25) is 0 Å². The first-order chi connectivity index (χ1) is 8.92. The molecular weight excluding hydrogens is 236 g/mol. The molecule has 1 fully saturated rings. The topological polar surface area (TPSA) is 55.1 Å². The first kappa shape index (κ1) is 13.8. The number of carbonyl (C=O) groups is 1. The average Bonchev–Trinajstić information content (AvgIpc) is 2.36. The highest BCUT2D eigenvalue weighted by Gasteiger charge is 2.35. The molecule has 0 radical (unpaired) electrons. The third-order valence-corrected chi connectivity index (χ3v) is 3.89. The van der Waals surface area contributed by atoms with E-state index in [9.17, 15) is 4.79 Å². The van der Waals surface area contributed by atoms with Crippen molar-refractivity contribution < 1.29 is 4.79 Å². The van der Waals surface area contributed by atoms with Gasteiger partial charge in [0.25, 0.3) is 0 Å². The maximum atomic E-state index is 12.1. The van der Waals surface area contributed by atoms with Crippen LogP contribution in [0.4, 0.5) is 0 Å². The summed E-state index contributed by atoms with van der Waals surface area (Å²) in [6.45, 7) is 8.62. The minimum Gasteiger partial charge on any atom is -0.347 e. The average molecular weight is 258 g/mol. The summed E-state index contributed by atoms with van der Waals surface area (Å²) in [6.07, 6.45) is 1.50. The highest BCUT2D eigenvalue weighted by atomic mass is 16.2. The van der Waals surface area contributed by atoms with Gasteiger partial charge in [-0.25, -0.2) is 0 Å². The van der Waals surface area contributed by atoms with E-state index in [1.807, 2.05) is 26.0 Å². The summed E-state index contributed by atoms with van der Waals surface area (Å²) in [6, 6.07) is 8.13. The van der Waals surface area contributed by atoms with Gasteiger partial charge in [0.15, 0.2) is 0 Å². The number of carbonyl (C=O) groups excluding carboxylic acids is 1. The van der Waals surface area contributed by atoms with E-state index in [1.165, 1.54) is 0 Å². The molecule has 1 atom stereocenters. The van der Waals surface area contributed by atoms with Crippen LogP contribution >= 0.6 is 0 Å². The molecule has 0 spiro atoms. The van der Waals surface area contributed by atoms with Crippen LogP contribution < -0.4 is 11.1 Å². The van der Waals surface area contributed by atoms with Gasteiger partial charge < -0.3 is 11.1 Å². The Bertz CT molecular complexity index is 505. The van der Waals surface area contributed by atoms with Gasteiger partial charge in [-0.1, -0.05) is 36.4 Å². The molecule has 3 N–H and O–H groups in total. The number of benzene rings is 1. The molecule has 2 rings (SSSR count). The molecular formula is C16H22N2O. The van der Waals surface area contributed by atoms with E-state index in [-0.39, 0.29) is 17.4 Å². The summed E-state index contributed by atoms with van der Waals surface area (Å²) >= 11 is 0. The molecule has 0 bridgehead atoms. The lowest BCUT2D eigenvalue weighted by atomic mass is 9.80. The smallest absolute Gasteiger partial charge is 0.224 e. The molecule has 1 saturated heterocycles. The lowest BCUT2D eigenvalue weighted by molar-refractivity contribution is -0.127. The summed E-state index contributed by atoms with van der Waals surface area (Å²) in [7, 11) is 0. The number of piperidine rings is 1. The third-order valence-electron chi connectivity index (χ3n) is 3.89. The van der Waals surface area contributed by atoms with Crippen LogP contribution in [0.3, 0.4) is 0 Å². The Kier molecular flexibility index (Phi) is 3.76. The Hall–Kier alpha value is -1.61. The molecule has 1 unspecified atom stereocenters. The van der Waals surface area contributed by atoms with E-state index in [2.05, 4.69) is 24.0 Å². The molecule has 1 aromatic rings. The molecule has 1 amide bonds. The minimum atomic E-state index is -0.285. The number of hydrogen-bond acceptors (Lipinski definition) is 2. The quantitative estimate of drug-likeness (QED) is 0.816. The van der Waals surface area contributed by atoms with Crippen molar-refractivity contribution in [2.75, 3.05) is 0 Å². The van der Waals surface area contributed by atoms with E-state index >= 15 is 0 Å². The van der Waals surface area contributed by atoms with Crippen LogP contribution in [0.5, 0.6) is 0 Å². The number of nitrogens with two attached hydrogens (primary N) is 1. The van der Waals surface area contributed by atoms with Crippen molar-refractivity contribution in [3.8, 4) is 0 Å². The third kappa shape index (κ3) is 3.04.